The number of nitrogens with one attached hydrogen (secondary N) is 1. The van der Waals surface area contributed by atoms with E-state index in [2.05, 4.69) is 33.3 Å². The Morgan fingerprint density at radius 3 is 2.70 bits per heavy atom. The summed E-state index contributed by atoms with van der Waals surface area (Å²) < 4.78 is 25.3. The van der Waals surface area contributed by atoms with Crippen LogP contribution in [0.4, 0.5) is 10.1 Å². The predicted octanol–water partition coefficient (Wildman–Crippen LogP) is 2.26. The van der Waals surface area contributed by atoms with E-state index < -0.39 is 12.0 Å². The van der Waals surface area contributed by atoms with Crippen LogP contribution in [0.2, 0.25) is 0 Å². The van der Waals surface area contributed by atoms with Crippen LogP contribution in [0.5, 0.6) is 0 Å². The van der Waals surface area contributed by atoms with Gasteiger partial charge in [-0.1, -0.05) is 18.2 Å². The molecule has 0 saturated carbocycles. The molecule has 2 unspecified atom stereocenters. The summed E-state index contributed by atoms with van der Waals surface area (Å²) in [5, 5.41) is 11.6. The van der Waals surface area contributed by atoms with Crippen LogP contribution in [0.3, 0.4) is 0 Å². The van der Waals surface area contributed by atoms with Crippen LogP contribution in [-0.4, -0.2) is 73.4 Å². The highest BCUT2D eigenvalue weighted by Crippen LogP contribution is 2.46. The first kappa shape index (κ1) is 22.4. The maximum atomic E-state index is 13.8. The number of hydrogen-bond donors (Lipinski definition) is 2. The Balaban J connectivity index is 1.20. The normalized spacial score (nSPS) is 22.9. The number of carbonyl (C=O) groups is 1. The lowest BCUT2D eigenvalue weighted by atomic mass is 9.89. The molecule has 3 aliphatic rings. The van der Waals surface area contributed by atoms with Crippen molar-refractivity contribution in [1.29, 1.82) is 0 Å². The molecule has 2 N–H and O–H groups in total. The average molecular weight is 456 g/mol. The number of rotatable bonds is 8. The number of aliphatic hydroxyl groups excluding tert-OH is 1. The van der Waals surface area contributed by atoms with E-state index in [-0.39, 0.29) is 18.3 Å². The SMILES string of the molecule is O=C1Nc2ccc(F)cc2C1C1OCc2cc(CN3CCN(CCOCCO)CC3)ccc21. The van der Waals surface area contributed by atoms with Crippen LogP contribution in [0.25, 0.3) is 0 Å². The first-order chi connectivity index (χ1) is 16.1. The number of benzene rings is 2. The van der Waals surface area contributed by atoms with Crippen LogP contribution >= 0.6 is 0 Å². The molecular formula is C25H30FN3O4. The molecule has 5 rings (SSSR count). The second-order valence-corrected chi connectivity index (χ2v) is 8.92. The molecule has 1 saturated heterocycles. The fourth-order valence-electron chi connectivity index (χ4n) is 5.05. The Labute approximate surface area is 193 Å². The van der Waals surface area contributed by atoms with Gasteiger partial charge >= 0.3 is 0 Å². The van der Waals surface area contributed by atoms with E-state index >= 15 is 0 Å². The summed E-state index contributed by atoms with van der Waals surface area (Å²) in [7, 11) is 0. The molecule has 0 aliphatic carbocycles. The number of ether oxygens (including phenoxy) is 2. The van der Waals surface area contributed by atoms with Gasteiger partial charge in [-0.15, -0.1) is 0 Å². The highest BCUT2D eigenvalue weighted by molar-refractivity contribution is 6.03. The second kappa shape index (κ2) is 9.87. The molecule has 0 spiro atoms. The lowest BCUT2D eigenvalue weighted by Crippen LogP contribution is -2.46. The highest BCUT2D eigenvalue weighted by atomic mass is 19.1. The Morgan fingerprint density at radius 1 is 1.06 bits per heavy atom. The van der Waals surface area contributed by atoms with Gasteiger partial charge in [-0.05, 0) is 40.5 Å². The zero-order valence-corrected chi connectivity index (χ0v) is 18.6. The minimum Gasteiger partial charge on any atom is -0.394 e. The van der Waals surface area contributed by atoms with Gasteiger partial charge in [0, 0.05) is 45.0 Å². The number of piperazine rings is 1. The Bertz CT molecular complexity index is 1010. The largest absolute Gasteiger partial charge is 0.394 e. The van der Waals surface area contributed by atoms with Crippen molar-refractivity contribution in [3.63, 3.8) is 0 Å². The average Bonchev–Trinajstić information content (AvgIpc) is 3.36. The third-order valence-electron chi connectivity index (χ3n) is 6.78. The molecule has 2 aromatic carbocycles. The Hall–Kier alpha value is -2.36. The van der Waals surface area contributed by atoms with Crippen molar-refractivity contribution >= 4 is 11.6 Å². The molecule has 7 nitrogen and oxygen atoms in total. The summed E-state index contributed by atoms with van der Waals surface area (Å²) in [6.07, 6.45) is -0.395. The van der Waals surface area contributed by atoms with Crippen molar-refractivity contribution < 1.29 is 23.8 Å². The van der Waals surface area contributed by atoms with Gasteiger partial charge in [-0.25, -0.2) is 4.39 Å². The molecule has 33 heavy (non-hydrogen) atoms. The standard InChI is InChI=1S/C25H30FN3O4/c26-19-2-4-22-21(14-19)23(25(31)27-22)24-20-3-1-17(13-18(20)16-33-24)15-29-7-5-28(6-8-29)9-11-32-12-10-30/h1-4,13-14,23-24,30H,5-12,15-16H2,(H,27,31). The number of hydrogen-bond acceptors (Lipinski definition) is 6. The topological polar surface area (TPSA) is 74.3 Å². The van der Waals surface area contributed by atoms with Gasteiger partial charge in [-0.3, -0.25) is 14.6 Å². The van der Waals surface area contributed by atoms with Crippen LogP contribution < -0.4 is 5.32 Å². The van der Waals surface area contributed by atoms with E-state index in [4.69, 9.17) is 14.6 Å². The van der Waals surface area contributed by atoms with Crippen LogP contribution in [0, 0.1) is 5.82 Å². The maximum absolute atomic E-state index is 13.8. The summed E-state index contributed by atoms with van der Waals surface area (Å²) in [5.41, 5.74) is 4.69. The summed E-state index contributed by atoms with van der Waals surface area (Å²) in [6.45, 7) is 7.38. The summed E-state index contributed by atoms with van der Waals surface area (Å²) in [4.78, 5) is 17.5. The van der Waals surface area contributed by atoms with Gasteiger partial charge in [0.05, 0.1) is 38.4 Å². The fraction of sp³-hybridized carbons (Fsp3) is 0.480. The molecule has 8 heteroatoms. The minimum atomic E-state index is -0.530. The molecule has 176 valence electrons. The van der Waals surface area contributed by atoms with E-state index in [1.54, 1.807) is 6.07 Å². The summed E-state index contributed by atoms with van der Waals surface area (Å²) >= 11 is 0. The van der Waals surface area contributed by atoms with E-state index in [9.17, 15) is 9.18 Å². The molecule has 3 aliphatic heterocycles. The minimum absolute atomic E-state index is 0.0695. The lowest BCUT2D eigenvalue weighted by Gasteiger charge is -2.34. The molecule has 1 amide bonds. The fourth-order valence-corrected chi connectivity index (χ4v) is 5.05. The number of anilines is 1. The number of amides is 1. The zero-order chi connectivity index (χ0) is 22.8. The molecule has 2 atom stereocenters. The zero-order valence-electron chi connectivity index (χ0n) is 18.6. The van der Waals surface area contributed by atoms with Gasteiger partial charge in [0.15, 0.2) is 0 Å². The van der Waals surface area contributed by atoms with Crippen molar-refractivity contribution in [2.75, 3.05) is 57.9 Å². The van der Waals surface area contributed by atoms with Crippen molar-refractivity contribution in [3.8, 4) is 0 Å². The summed E-state index contributed by atoms with van der Waals surface area (Å²) in [6, 6.07) is 10.8. The van der Waals surface area contributed by atoms with Gasteiger partial charge in [0.25, 0.3) is 0 Å². The number of aliphatic hydroxyl groups is 1. The van der Waals surface area contributed by atoms with Gasteiger partial charge in [0.1, 0.15) is 5.82 Å². The number of fused-ring (bicyclic) bond motifs is 2. The predicted molar refractivity (Wildman–Crippen MR) is 121 cm³/mol. The quantitative estimate of drug-likeness (QED) is 0.595. The summed E-state index contributed by atoms with van der Waals surface area (Å²) in [5.74, 6) is -1.02. The molecule has 0 aromatic heterocycles. The molecule has 3 heterocycles. The number of halogens is 1. The molecule has 0 bridgehead atoms. The Morgan fingerprint density at radius 2 is 1.88 bits per heavy atom. The van der Waals surface area contributed by atoms with Crippen molar-refractivity contribution in [2.45, 2.75) is 25.2 Å². The van der Waals surface area contributed by atoms with Crippen molar-refractivity contribution in [1.82, 2.24) is 9.80 Å². The molecule has 2 aromatic rings. The van der Waals surface area contributed by atoms with E-state index in [0.717, 1.165) is 50.4 Å². The number of nitrogens with zero attached hydrogens (tertiary/aromatic N) is 2. The Kier molecular flexibility index (Phi) is 6.71. The van der Waals surface area contributed by atoms with Gasteiger partial charge in [0.2, 0.25) is 5.91 Å². The molecule has 0 radical (unpaired) electrons. The third-order valence-corrected chi connectivity index (χ3v) is 6.78. The van der Waals surface area contributed by atoms with E-state index in [1.807, 2.05) is 0 Å². The smallest absolute Gasteiger partial charge is 0.235 e. The third kappa shape index (κ3) is 4.81. The monoisotopic (exact) mass is 455 g/mol. The van der Waals surface area contributed by atoms with Gasteiger partial charge in [-0.2, -0.15) is 0 Å². The lowest BCUT2D eigenvalue weighted by molar-refractivity contribution is -0.120. The number of carbonyl (C=O) groups excluding carboxylic acids is 1. The maximum Gasteiger partial charge on any atom is 0.235 e. The molecule has 1 fully saturated rings. The van der Waals surface area contributed by atoms with E-state index in [1.165, 1.54) is 17.7 Å². The molecular weight excluding hydrogens is 425 g/mol. The van der Waals surface area contributed by atoms with Crippen LogP contribution in [0.15, 0.2) is 36.4 Å². The van der Waals surface area contributed by atoms with Crippen LogP contribution in [0.1, 0.15) is 34.3 Å². The van der Waals surface area contributed by atoms with Crippen molar-refractivity contribution in [2.24, 2.45) is 0 Å². The highest BCUT2D eigenvalue weighted by Gasteiger charge is 2.41. The van der Waals surface area contributed by atoms with Crippen LogP contribution in [-0.2, 0) is 27.4 Å². The van der Waals surface area contributed by atoms with Crippen molar-refractivity contribution in [3.05, 3.63) is 64.5 Å². The first-order valence-corrected chi connectivity index (χ1v) is 11.6. The van der Waals surface area contributed by atoms with E-state index in [0.29, 0.717) is 31.1 Å². The second-order valence-electron chi connectivity index (χ2n) is 8.92. The first-order valence-electron chi connectivity index (χ1n) is 11.6. The van der Waals surface area contributed by atoms with Gasteiger partial charge < -0.3 is 19.9 Å².